The van der Waals surface area contributed by atoms with Gasteiger partial charge in [0.05, 0.1) is 24.6 Å². The molecule has 0 unspecified atom stereocenters. The standard InChI is InChI=1S/C14H19NO7S/c1-14(2,3)22-13(18)15(23(5,19)20)10-6-9(12(16)17)7-11(8-10)21-4/h6-8H,1-5H3,(H,16,17). The molecule has 0 heterocycles. The number of carbonyl (C=O) groups excluding carboxylic acids is 1. The highest BCUT2D eigenvalue weighted by Gasteiger charge is 2.31. The van der Waals surface area contributed by atoms with Crippen LogP contribution in [-0.4, -0.2) is 44.6 Å². The van der Waals surface area contributed by atoms with Crippen LogP contribution in [-0.2, 0) is 14.8 Å². The molecule has 1 N–H and O–H groups in total. The van der Waals surface area contributed by atoms with Gasteiger partial charge in [0.1, 0.15) is 11.4 Å². The molecular formula is C14H19NO7S. The Bertz CT molecular complexity index is 719. The second kappa shape index (κ2) is 6.45. The lowest BCUT2D eigenvalue weighted by Gasteiger charge is -2.26. The number of carboxylic acids is 1. The van der Waals surface area contributed by atoms with E-state index in [4.69, 9.17) is 14.6 Å². The maximum Gasteiger partial charge on any atom is 0.428 e. The molecule has 0 aliphatic heterocycles. The fourth-order valence-corrected chi connectivity index (χ4v) is 2.47. The highest BCUT2D eigenvalue weighted by Crippen LogP contribution is 2.27. The van der Waals surface area contributed by atoms with Gasteiger partial charge in [0.25, 0.3) is 0 Å². The van der Waals surface area contributed by atoms with E-state index in [1.807, 2.05) is 0 Å². The summed E-state index contributed by atoms with van der Waals surface area (Å²) < 4.78 is 34.4. The molecule has 8 nitrogen and oxygen atoms in total. The number of benzene rings is 1. The zero-order chi connectivity index (χ0) is 18.0. The highest BCUT2D eigenvalue weighted by atomic mass is 32.2. The Balaban J connectivity index is 3.47. The molecule has 1 rings (SSSR count). The molecule has 128 valence electrons. The summed E-state index contributed by atoms with van der Waals surface area (Å²) in [5.74, 6) is -1.19. The topological polar surface area (TPSA) is 110 Å². The van der Waals surface area contributed by atoms with Crippen LogP contribution >= 0.6 is 0 Å². The van der Waals surface area contributed by atoms with Crippen LogP contribution in [0.15, 0.2) is 18.2 Å². The smallest absolute Gasteiger partial charge is 0.428 e. The molecule has 0 aromatic heterocycles. The van der Waals surface area contributed by atoms with Gasteiger partial charge in [-0.3, -0.25) is 0 Å². The number of carbonyl (C=O) groups is 2. The van der Waals surface area contributed by atoms with Gasteiger partial charge < -0.3 is 14.6 Å². The summed E-state index contributed by atoms with van der Waals surface area (Å²) in [7, 11) is -2.75. The first-order chi connectivity index (χ1) is 10.3. The van der Waals surface area contributed by atoms with Gasteiger partial charge in [0, 0.05) is 6.07 Å². The molecule has 0 aliphatic carbocycles. The average Bonchev–Trinajstić information content (AvgIpc) is 2.34. The van der Waals surface area contributed by atoms with Crippen molar-refractivity contribution in [1.82, 2.24) is 0 Å². The molecule has 1 aromatic carbocycles. The number of sulfonamides is 1. The van der Waals surface area contributed by atoms with Crippen molar-refractivity contribution in [1.29, 1.82) is 0 Å². The average molecular weight is 345 g/mol. The predicted octanol–water partition coefficient (Wildman–Crippen LogP) is 2.09. The Morgan fingerprint density at radius 3 is 2.13 bits per heavy atom. The minimum atomic E-state index is -4.05. The van der Waals surface area contributed by atoms with Gasteiger partial charge in [-0.15, -0.1) is 0 Å². The summed E-state index contributed by atoms with van der Waals surface area (Å²) in [4.78, 5) is 23.4. The number of methoxy groups -OCH3 is 1. The zero-order valence-electron chi connectivity index (χ0n) is 13.5. The number of hydrogen-bond donors (Lipinski definition) is 1. The third kappa shape index (κ3) is 5.13. The van der Waals surface area contributed by atoms with Crippen LogP contribution in [0.4, 0.5) is 10.5 Å². The van der Waals surface area contributed by atoms with Gasteiger partial charge in [-0.2, -0.15) is 4.31 Å². The second-order valence-electron chi connectivity index (χ2n) is 5.73. The largest absolute Gasteiger partial charge is 0.497 e. The Morgan fingerprint density at radius 2 is 1.74 bits per heavy atom. The third-order valence-corrected chi connectivity index (χ3v) is 3.52. The summed E-state index contributed by atoms with van der Waals surface area (Å²) in [5.41, 5.74) is -1.33. The van der Waals surface area contributed by atoms with E-state index < -0.39 is 27.7 Å². The van der Waals surface area contributed by atoms with Crippen molar-refractivity contribution in [2.75, 3.05) is 17.7 Å². The van der Waals surface area contributed by atoms with Gasteiger partial charge in [-0.05, 0) is 32.9 Å². The Labute approximate surface area is 134 Å². The molecule has 0 saturated heterocycles. The molecule has 0 bridgehead atoms. The molecule has 0 radical (unpaired) electrons. The lowest BCUT2D eigenvalue weighted by molar-refractivity contribution is 0.0606. The number of amides is 1. The zero-order valence-corrected chi connectivity index (χ0v) is 14.3. The summed E-state index contributed by atoms with van der Waals surface area (Å²) in [6.45, 7) is 4.75. The Hall–Kier alpha value is -2.29. The van der Waals surface area contributed by atoms with Gasteiger partial charge in [0.2, 0.25) is 10.0 Å². The molecular weight excluding hydrogens is 326 g/mol. The third-order valence-electron chi connectivity index (χ3n) is 2.50. The van der Waals surface area contributed by atoms with E-state index in [9.17, 15) is 18.0 Å². The van der Waals surface area contributed by atoms with Crippen molar-refractivity contribution in [3.63, 3.8) is 0 Å². The van der Waals surface area contributed by atoms with Crippen molar-refractivity contribution in [2.45, 2.75) is 26.4 Å². The first-order valence-electron chi connectivity index (χ1n) is 6.51. The molecule has 0 aliphatic rings. The normalized spacial score (nSPS) is 11.7. The Morgan fingerprint density at radius 1 is 1.17 bits per heavy atom. The highest BCUT2D eigenvalue weighted by molar-refractivity contribution is 7.92. The molecule has 9 heteroatoms. The maximum absolute atomic E-state index is 12.2. The summed E-state index contributed by atoms with van der Waals surface area (Å²) >= 11 is 0. The molecule has 0 fully saturated rings. The van der Waals surface area contributed by atoms with Crippen LogP contribution in [0.3, 0.4) is 0 Å². The van der Waals surface area contributed by atoms with Crippen LogP contribution in [0.25, 0.3) is 0 Å². The van der Waals surface area contributed by atoms with Crippen LogP contribution in [0.5, 0.6) is 5.75 Å². The molecule has 1 amide bonds. The van der Waals surface area contributed by atoms with E-state index in [-0.39, 0.29) is 17.0 Å². The Kier molecular flexibility index (Phi) is 5.26. The predicted molar refractivity (Wildman–Crippen MR) is 83.5 cm³/mol. The maximum atomic E-state index is 12.2. The minimum Gasteiger partial charge on any atom is -0.497 e. The number of carboxylic acid groups (broad SMARTS) is 1. The monoisotopic (exact) mass is 345 g/mol. The first-order valence-corrected chi connectivity index (χ1v) is 8.35. The number of rotatable bonds is 4. The van der Waals surface area contributed by atoms with Crippen molar-refractivity contribution < 1.29 is 32.6 Å². The van der Waals surface area contributed by atoms with E-state index in [0.717, 1.165) is 12.3 Å². The number of anilines is 1. The number of aromatic carboxylic acids is 1. The summed E-state index contributed by atoms with van der Waals surface area (Å²) in [6, 6.07) is 3.49. The lowest BCUT2D eigenvalue weighted by Crippen LogP contribution is -2.40. The van der Waals surface area contributed by atoms with E-state index >= 15 is 0 Å². The summed E-state index contributed by atoms with van der Waals surface area (Å²) in [5, 5.41) is 9.10. The number of nitrogens with zero attached hydrogens (tertiary/aromatic N) is 1. The molecule has 1 aromatic rings. The fraction of sp³-hybridized carbons (Fsp3) is 0.429. The van der Waals surface area contributed by atoms with Crippen LogP contribution < -0.4 is 9.04 Å². The van der Waals surface area contributed by atoms with E-state index in [0.29, 0.717) is 4.31 Å². The molecule has 0 spiro atoms. The quantitative estimate of drug-likeness (QED) is 0.889. The van der Waals surface area contributed by atoms with Crippen LogP contribution in [0.1, 0.15) is 31.1 Å². The molecule has 0 atom stereocenters. The fourth-order valence-electron chi connectivity index (χ4n) is 1.68. The van der Waals surface area contributed by atoms with Gasteiger partial charge in [-0.1, -0.05) is 0 Å². The van der Waals surface area contributed by atoms with Crippen molar-refractivity contribution in [3.05, 3.63) is 23.8 Å². The van der Waals surface area contributed by atoms with E-state index in [1.165, 1.54) is 19.2 Å². The van der Waals surface area contributed by atoms with E-state index in [1.54, 1.807) is 20.8 Å². The van der Waals surface area contributed by atoms with Crippen LogP contribution in [0.2, 0.25) is 0 Å². The van der Waals surface area contributed by atoms with Crippen molar-refractivity contribution in [2.24, 2.45) is 0 Å². The molecule has 0 saturated carbocycles. The van der Waals surface area contributed by atoms with Crippen LogP contribution in [0, 0.1) is 0 Å². The van der Waals surface area contributed by atoms with Gasteiger partial charge in [0.15, 0.2) is 0 Å². The lowest BCUT2D eigenvalue weighted by atomic mass is 10.2. The van der Waals surface area contributed by atoms with Crippen molar-refractivity contribution >= 4 is 27.8 Å². The molecule has 23 heavy (non-hydrogen) atoms. The number of hydrogen-bond acceptors (Lipinski definition) is 6. The SMILES string of the molecule is COc1cc(C(=O)O)cc(N(C(=O)OC(C)(C)C)S(C)(=O)=O)c1. The van der Waals surface area contributed by atoms with E-state index in [2.05, 4.69) is 0 Å². The minimum absolute atomic E-state index is 0.0945. The van der Waals surface area contributed by atoms with Gasteiger partial charge in [-0.25, -0.2) is 18.0 Å². The summed E-state index contributed by atoms with van der Waals surface area (Å²) in [6.07, 6.45) is -0.318. The second-order valence-corrected chi connectivity index (χ2v) is 7.56. The van der Waals surface area contributed by atoms with Crippen molar-refractivity contribution in [3.8, 4) is 5.75 Å². The number of ether oxygens (including phenoxy) is 2. The van der Waals surface area contributed by atoms with Gasteiger partial charge >= 0.3 is 12.1 Å². The first kappa shape index (κ1) is 18.8.